The average molecular weight is 289 g/mol. The Morgan fingerprint density at radius 1 is 1.44 bits per heavy atom. The van der Waals surface area contributed by atoms with Gasteiger partial charge in [-0.05, 0) is 36.6 Å². The van der Waals surface area contributed by atoms with E-state index in [1.807, 2.05) is 13.8 Å². The molecule has 4 nitrogen and oxygen atoms in total. The lowest BCUT2D eigenvalue weighted by molar-refractivity contribution is -0.120. The zero-order valence-electron chi connectivity index (χ0n) is 10.4. The molecule has 0 aliphatic heterocycles. The summed E-state index contributed by atoms with van der Waals surface area (Å²) >= 11 is 4.13. The molecule has 0 saturated carbocycles. The molecule has 2 atom stereocenters. The van der Waals surface area contributed by atoms with Crippen LogP contribution in [-0.4, -0.2) is 16.5 Å². The quantitative estimate of drug-likeness (QED) is 0.812. The first-order valence-corrected chi connectivity index (χ1v) is 7.16. The highest BCUT2D eigenvalue weighted by Crippen LogP contribution is 2.14. The fourth-order valence-electron chi connectivity index (χ4n) is 1.40. The summed E-state index contributed by atoms with van der Waals surface area (Å²) in [6.07, 6.45) is 0.559. The highest BCUT2D eigenvalue weighted by Gasteiger charge is 2.21. The van der Waals surface area contributed by atoms with E-state index in [0.717, 1.165) is 0 Å². The van der Waals surface area contributed by atoms with Crippen molar-refractivity contribution >= 4 is 28.9 Å². The van der Waals surface area contributed by atoms with E-state index in [9.17, 15) is 9.35 Å². The molecule has 1 amide bonds. The van der Waals surface area contributed by atoms with Gasteiger partial charge in [0.05, 0.1) is 6.04 Å². The Hall–Kier alpha value is -0.750. The van der Waals surface area contributed by atoms with Crippen molar-refractivity contribution in [1.82, 2.24) is 4.72 Å². The Bertz CT molecular complexity index is 398. The van der Waals surface area contributed by atoms with E-state index in [2.05, 4.69) is 4.72 Å². The topological polar surface area (TPSA) is 78.2 Å². The SMILES string of the molecule is CC(C)CC(N)C(=O)N[S+]([O-])c1ccc(Cl)cc1. The molecule has 1 aromatic carbocycles. The fraction of sp³-hybridized carbons (Fsp3) is 0.417. The molecule has 1 rings (SSSR count). The maximum atomic E-state index is 11.8. The van der Waals surface area contributed by atoms with Gasteiger partial charge >= 0.3 is 0 Å². The molecule has 0 bridgehead atoms. The van der Waals surface area contributed by atoms with Gasteiger partial charge in [-0.3, -0.25) is 4.79 Å². The highest BCUT2D eigenvalue weighted by atomic mass is 35.5. The lowest BCUT2D eigenvalue weighted by Crippen LogP contribution is -2.43. The normalized spacial score (nSPS) is 14.3. The van der Waals surface area contributed by atoms with Crippen LogP contribution in [0.4, 0.5) is 0 Å². The predicted octanol–water partition coefficient (Wildman–Crippen LogP) is 1.85. The van der Waals surface area contributed by atoms with Crippen LogP contribution in [0.3, 0.4) is 0 Å². The third-order valence-corrected chi connectivity index (χ3v) is 3.62. The van der Waals surface area contributed by atoms with Gasteiger partial charge in [-0.25, -0.2) is 0 Å². The molecule has 0 aliphatic carbocycles. The zero-order chi connectivity index (χ0) is 13.7. The fourth-order valence-corrected chi connectivity index (χ4v) is 2.36. The molecule has 6 heteroatoms. The second-order valence-corrected chi connectivity index (χ2v) is 6.07. The molecule has 2 unspecified atom stereocenters. The predicted molar refractivity (Wildman–Crippen MR) is 73.4 cm³/mol. The lowest BCUT2D eigenvalue weighted by Gasteiger charge is -2.15. The van der Waals surface area contributed by atoms with Crippen LogP contribution in [0.1, 0.15) is 20.3 Å². The smallest absolute Gasteiger partial charge is 0.278 e. The Kier molecular flexibility index (Phi) is 5.95. The minimum Gasteiger partial charge on any atom is -0.588 e. The van der Waals surface area contributed by atoms with E-state index in [1.54, 1.807) is 24.3 Å². The third-order valence-electron chi connectivity index (χ3n) is 2.28. The Balaban J connectivity index is 2.56. The molecule has 0 fully saturated rings. The van der Waals surface area contributed by atoms with Gasteiger partial charge in [0, 0.05) is 5.02 Å². The van der Waals surface area contributed by atoms with Gasteiger partial charge in [0.15, 0.2) is 4.90 Å². The van der Waals surface area contributed by atoms with E-state index in [4.69, 9.17) is 17.3 Å². The van der Waals surface area contributed by atoms with Crippen LogP contribution in [0, 0.1) is 5.92 Å². The minimum atomic E-state index is -1.60. The Labute approximate surface area is 115 Å². The van der Waals surface area contributed by atoms with E-state index in [1.165, 1.54) is 0 Å². The molecular formula is C12H17ClN2O2S. The van der Waals surface area contributed by atoms with E-state index >= 15 is 0 Å². The van der Waals surface area contributed by atoms with Crippen LogP contribution in [0.5, 0.6) is 0 Å². The summed E-state index contributed by atoms with van der Waals surface area (Å²) in [4.78, 5) is 12.2. The summed E-state index contributed by atoms with van der Waals surface area (Å²) in [6.45, 7) is 3.95. The highest BCUT2D eigenvalue weighted by molar-refractivity contribution is 7.90. The molecule has 0 saturated heterocycles. The molecule has 1 aromatic rings. The number of hydrogen-bond acceptors (Lipinski definition) is 3. The van der Waals surface area contributed by atoms with Crippen molar-refractivity contribution in [1.29, 1.82) is 0 Å². The number of hydrogen-bond donors (Lipinski definition) is 2. The number of carbonyl (C=O) groups is 1. The van der Waals surface area contributed by atoms with Crippen molar-refractivity contribution in [3.8, 4) is 0 Å². The van der Waals surface area contributed by atoms with Crippen LogP contribution in [0.2, 0.25) is 5.02 Å². The maximum Gasteiger partial charge on any atom is 0.278 e. The molecule has 0 aliphatic rings. The van der Waals surface area contributed by atoms with Crippen molar-refractivity contribution in [2.45, 2.75) is 31.2 Å². The summed E-state index contributed by atoms with van der Waals surface area (Å²) in [6, 6.07) is 5.81. The number of halogens is 1. The largest absolute Gasteiger partial charge is 0.588 e. The first-order valence-electron chi connectivity index (χ1n) is 5.63. The van der Waals surface area contributed by atoms with Crippen molar-refractivity contribution in [2.24, 2.45) is 11.7 Å². The average Bonchev–Trinajstić information content (AvgIpc) is 2.28. The first kappa shape index (κ1) is 15.3. The van der Waals surface area contributed by atoms with E-state index < -0.39 is 23.3 Å². The molecule has 0 aromatic heterocycles. The van der Waals surface area contributed by atoms with Crippen molar-refractivity contribution in [3.05, 3.63) is 29.3 Å². The summed E-state index contributed by atoms with van der Waals surface area (Å²) in [5.41, 5.74) is 5.70. The van der Waals surface area contributed by atoms with Crippen LogP contribution in [0.25, 0.3) is 0 Å². The van der Waals surface area contributed by atoms with Crippen molar-refractivity contribution in [2.75, 3.05) is 0 Å². The second kappa shape index (κ2) is 6.99. The molecule has 0 heterocycles. The van der Waals surface area contributed by atoms with Gasteiger partial charge in [0.2, 0.25) is 0 Å². The molecule has 0 radical (unpaired) electrons. The van der Waals surface area contributed by atoms with E-state index in [-0.39, 0.29) is 0 Å². The summed E-state index contributed by atoms with van der Waals surface area (Å²) in [7, 11) is 0. The third kappa shape index (κ3) is 4.86. The monoisotopic (exact) mass is 288 g/mol. The number of carbonyl (C=O) groups excluding carboxylic acids is 1. The second-order valence-electron chi connectivity index (χ2n) is 4.43. The van der Waals surface area contributed by atoms with Gasteiger partial charge in [0.25, 0.3) is 5.91 Å². The van der Waals surface area contributed by atoms with Crippen molar-refractivity contribution < 1.29 is 9.35 Å². The summed E-state index contributed by atoms with van der Waals surface area (Å²) < 4.78 is 14.2. The molecule has 3 N–H and O–H groups in total. The van der Waals surface area contributed by atoms with Gasteiger partial charge in [-0.2, -0.15) is 4.72 Å². The van der Waals surface area contributed by atoms with Crippen LogP contribution >= 0.6 is 11.6 Å². The molecule has 18 heavy (non-hydrogen) atoms. The summed E-state index contributed by atoms with van der Waals surface area (Å²) in [5.74, 6) is -0.0910. The standard InChI is InChI=1S/C12H17ClN2O2S/c1-8(2)7-11(14)12(16)15-18(17)10-5-3-9(13)4-6-10/h3-6,8,11H,7,14H2,1-2H3,(H,15,16). The number of nitrogens with two attached hydrogens (primary N) is 1. The number of amides is 1. The number of rotatable bonds is 5. The van der Waals surface area contributed by atoms with Gasteiger partial charge in [-0.15, -0.1) is 0 Å². The number of benzene rings is 1. The van der Waals surface area contributed by atoms with Crippen LogP contribution in [-0.2, 0) is 16.2 Å². The Morgan fingerprint density at radius 3 is 2.50 bits per heavy atom. The Morgan fingerprint density at radius 2 is 2.00 bits per heavy atom. The van der Waals surface area contributed by atoms with Gasteiger partial charge < -0.3 is 10.3 Å². The molecule has 0 spiro atoms. The maximum absolute atomic E-state index is 11.8. The van der Waals surface area contributed by atoms with Gasteiger partial charge in [0.1, 0.15) is 11.4 Å². The minimum absolute atomic E-state index is 0.315. The first-order chi connectivity index (χ1) is 8.40. The molecular weight excluding hydrogens is 272 g/mol. The zero-order valence-corrected chi connectivity index (χ0v) is 11.9. The van der Waals surface area contributed by atoms with Crippen LogP contribution in [0.15, 0.2) is 29.2 Å². The van der Waals surface area contributed by atoms with Crippen molar-refractivity contribution in [3.63, 3.8) is 0 Å². The van der Waals surface area contributed by atoms with Gasteiger partial charge in [-0.1, -0.05) is 25.4 Å². The summed E-state index contributed by atoms with van der Waals surface area (Å²) in [5, 5.41) is 0.554. The van der Waals surface area contributed by atoms with Crippen LogP contribution < -0.4 is 10.5 Å². The lowest BCUT2D eigenvalue weighted by atomic mass is 10.0. The molecule has 100 valence electrons. The van der Waals surface area contributed by atoms with E-state index in [0.29, 0.717) is 22.3 Å². The number of nitrogens with one attached hydrogen (secondary N) is 1.